The summed E-state index contributed by atoms with van der Waals surface area (Å²) in [5.41, 5.74) is 2.77. The molecule has 172 valence electrons. The molecule has 1 aliphatic carbocycles. The van der Waals surface area contributed by atoms with Gasteiger partial charge in [-0.3, -0.25) is 4.79 Å². The first-order valence-electron chi connectivity index (χ1n) is 11.2. The van der Waals surface area contributed by atoms with Crippen molar-refractivity contribution in [2.75, 3.05) is 11.9 Å². The molecule has 1 heterocycles. The number of anilines is 1. The largest absolute Gasteiger partial charge is 0.332 e. The Morgan fingerprint density at radius 2 is 1.70 bits per heavy atom. The summed E-state index contributed by atoms with van der Waals surface area (Å²) in [5, 5.41) is 4.91. The predicted molar refractivity (Wildman–Crippen MR) is 130 cm³/mol. The third kappa shape index (κ3) is 6.42. The number of carbonyl (C=O) groups is 2. The van der Waals surface area contributed by atoms with Crippen molar-refractivity contribution in [3.8, 4) is 0 Å². The van der Waals surface area contributed by atoms with Gasteiger partial charge in [0.05, 0.1) is 6.54 Å². The second-order valence-electron chi connectivity index (χ2n) is 8.30. The van der Waals surface area contributed by atoms with Crippen molar-refractivity contribution in [1.82, 2.24) is 9.80 Å². The lowest BCUT2D eigenvalue weighted by molar-refractivity contribution is -0.133. The van der Waals surface area contributed by atoms with Crippen LogP contribution in [0.1, 0.15) is 35.8 Å². The molecule has 0 radical (unpaired) electrons. The Morgan fingerprint density at radius 1 is 1.00 bits per heavy atom. The van der Waals surface area contributed by atoms with Crippen LogP contribution in [0.15, 0.2) is 66.0 Å². The summed E-state index contributed by atoms with van der Waals surface area (Å²) < 4.78 is 13.3. The van der Waals surface area contributed by atoms with Gasteiger partial charge < -0.3 is 15.1 Å². The zero-order valence-electron chi connectivity index (χ0n) is 18.7. The number of aryl methyl sites for hydroxylation is 1. The van der Waals surface area contributed by atoms with E-state index in [1.165, 1.54) is 17.7 Å². The van der Waals surface area contributed by atoms with Crippen LogP contribution in [0.3, 0.4) is 0 Å². The second kappa shape index (κ2) is 10.6. The zero-order chi connectivity index (χ0) is 23.2. The minimum absolute atomic E-state index is 0.0100. The van der Waals surface area contributed by atoms with Gasteiger partial charge in [-0.1, -0.05) is 37.3 Å². The van der Waals surface area contributed by atoms with E-state index in [2.05, 4.69) is 12.2 Å². The summed E-state index contributed by atoms with van der Waals surface area (Å²) in [6, 6.07) is 17.7. The van der Waals surface area contributed by atoms with Crippen molar-refractivity contribution < 1.29 is 14.0 Å². The minimum Gasteiger partial charge on any atom is -0.332 e. The maximum atomic E-state index is 13.4. The number of hydrogen-bond acceptors (Lipinski definition) is 3. The molecule has 0 unspecified atom stereocenters. The van der Waals surface area contributed by atoms with Crippen molar-refractivity contribution in [3.05, 3.63) is 87.9 Å². The number of halogens is 1. The molecule has 3 aromatic rings. The lowest BCUT2D eigenvalue weighted by Crippen LogP contribution is -2.45. The highest BCUT2D eigenvalue weighted by molar-refractivity contribution is 7.09. The zero-order valence-corrected chi connectivity index (χ0v) is 19.5. The number of nitrogens with zero attached hydrogens (tertiary/aromatic N) is 2. The van der Waals surface area contributed by atoms with Crippen LogP contribution in [0.5, 0.6) is 0 Å². The first-order chi connectivity index (χ1) is 16.0. The molecule has 0 saturated heterocycles. The van der Waals surface area contributed by atoms with E-state index in [1.807, 2.05) is 41.8 Å². The van der Waals surface area contributed by atoms with Gasteiger partial charge in [0.25, 0.3) is 0 Å². The molecule has 0 bridgehead atoms. The van der Waals surface area contributed by atoms with Crippen molar-refractivity contribution in [2.45, 2.75) is 45.3 Å². The number of carbonyl (C=O) groups excluding carboxylic acids is 2. The number of thiophene rings is 1. The Kier molecular flexibility index (Phi) is 7.40. The molecule has 1 N–H and O–H groups in total. The van der Waals surface area contributed by atoms with Crippen molar-refractivity contribution in [3.63, 3.8) is 0 Å². The molecular weight excluding hydrogens is 437 g/mol. The lowest BCUT2D eigenvalue weighted by atomic mass is 10.1. The summed E-state index contributed by atoms with van der Waals surface area (Å²) in [6.07, 6.45) is 2.74. The molecule has 33 heavy (non-hydrogen) atoms. The van der Waals surface area contributed by atoms with Crippen LogP contribution in [0, 0.1) is 5.82 Å². The van der Waals surface area contributed by atoms with Gasteiger partial charge in [0.15, 0.2) is 0 Å². The van der Waals surface area contributed by atoms with E-state index in [0.717, 1.165) is 35.4 Å². The molecular formula is C26H28FN3O2S. The van der Waals surface area contributed by atoms with E-state index < -0.39 is 0 Å². The number of benzene rings is 2. The van der Waals surface area contributed by atoms with Gasteiger partial charge in [-0.05, 0) is 66.1 Å². The highest BCUT2D eigenvalue weighted by atomic mass is 32.1. The van der Waals surface area contributed by atoms with Crippen LogP contribution in [-0.4, -0.2) is 34.3 Å². The molecule has 1 fully saturated rings. The fourth-order valence-electron chi connectivity index (χ4n) is 3.65. The highest BCUT2D eigenvalue weighted by Gasteiger charge is 2.35. The maximum absolute atomic E-state index is 13.4. The number of hydrogen-bond donors (Lipinski definition) is 1. The molecule has 0 atom stereocenters. The Hall–Kier alpha value is -3.19. The molecule has 1 aromatic heterocycles. The van der Waals surface area contributed by atoms with Gasteiger partial charge >= 0.3 is 6.03 Å². The molecule has 0 aliphatic heterocycles. The summed E-state index contributed by atoms with van der Waals surface area (Å²) >= 11 is 1.58. The smallest absolute Gasteiger partial charge is 0.322 e. The van der Waals surface area contributed by atoms with Gasteiger partial charge in [0.2, 0.25) is 5.91 Å². The lowest BCUT2D eigenvalue weighted by Gasteiger charge is -2.28. The minimum atomic E-state index is -0.307. The van der Waals surface area contributed by atoms with E-state index in [9.17, 15) is 14.0 Å². The average Bonchev–Trinajstić information content (AvgIpc) is 3.53. The third-order valence-electron chi connectivity index (χ3n) is 5.73. The van der Waals surface area contributed by atoms with Crippen LogP contribution >= 0.6 is 11.3 Å². The van der Waals surface area contributed by atoms with Gasteiger partial charge in [-0.15, -0.1) is 11.3 Å². The number of nitrogens with one attached hydrogen (secondary N) is 1. The summed E-state index contributed by atoms with van der Waals surface area (Å²) in [5.74, 6) is -0.436. The average molecular weight is 466 g/mol. The Labute approximate surface area is 197 Å². The van der Waals surface area contributed by atoms with Gasteiger partial charge in [0, 0.05) is 23.2 Å². The molecule has 7 heteroatoms. The third-order valence-corrected chi connectivity index (χ3v) is 6.59. The Balaban J connectivity index is 1.46. The molecule has 5 nitrogen and oxygen atoms in total. The first-order valence-corrected chi connectivity index (χ1v) is 12.1. The SMILES string of the molecule is CCc1ccc(NC(=O)N(CC(=O)N(Cc2ccc(F)cc2)Cc2cccs2)C2CC2)cc1. The monoisotopic (exact) mass is 465 g/mol. The fourth-order valence-corrected chi connectivity index (χ4v) is 4.37. The Morgan fingerprint density at radius 3 is 2.30 bits per heavy atom. The van der Waals surface area contributed by atoms with Crippen molar-refractivity contribution in [2.24, 2.45) is 0 Å². The Bertz CT molecular complexity index is 1060. The van der Waals surface area contributed by atoms with Crippen LogP contribution < -0.4 is 5.32 Å². The van der Waals surface area contributed by atoms with Gasteiger partial charge in [0.1, 0.15) is 12.4 Å². The van der Waals surface area contributed by atoms with E-state index in [-0.39, 0.29) is 30.3 Å². The van der Waals surface area contributed by atoms with Gasteiger partial charge in [-0.2, -0.15) is 0 Å². The van der Waals surface area contributed by atoms with E-state index in [4.69, 9.17) is 0 Å². The molecule has 2 aromatic carbocycles. The first kappa shape index (κ1) is 23.0. The standard InChI is InChI=1S/C26H28FN3O2S/c1-2-19-7-11-22(12-8-19)28-26(32)30(23-13-14-23)18-25(31)29(17-24-4-3-15-33-24)16-20-5-9-21(27)10-6-20/h3-12,15,23H,2,13-14,16-18H2,1H3,(H,28,32). The van der Waals surface area contributed by atoms with Crippen LogP contribution in [0.2, 0.25) is 0 Å². The normalized spacial score (nSPS) is 12.9. The molecule has 0 spiro atoms. The number of amides is 3. The predicted octanol–water partition coefficient (Wildman–Crippen LogP) is 5.67. The molecule has 1 saturated carbocycles. The summed E-state index contributed by atoms with van der Waals surface area (Å²) in [7, 11) is 0. The number of urea groups is 1. The van der Waals surface area contributed by atoms with Crippen LogP contribution in [0.25, 0.3) is 0 Å². The second-order valence-corrected chi connectivity index (χ2v) is 9.33. The maximum Gasteiger partial charge on any atom is 0.322 e. The van der Waals surface area contributed by atoms with E-state index in [1.54, 1.807) is 33.3 Å². The van der Waals surface area contributed by atoms with Crippen molar-refractivity contribution in [1.29, 1.82) is 0 Å². The van der Waals surface area contributed by atoms with Crippen LogP contribution in [-0.2, 0) is 24.3 Å². The summed E-state index contributed by atoms with van der Waals surface area (Å²) in [4.78, 5) is 30.8. The summed E-state index contributed by atoms with van der Waals surface area (Å²) in [6.45, 7) is 2.90. The fraction of sp³-hybridized carbons (Fsp3) is 0.308. The van der Waals surface area contributed by atoms with E-state index in [0.29, 0.717) is 13.1 Å². The quantitative estimate of drug-likeness (QED) is 0.442. The van der Waals surface area contributed by atoms with Gasteiger partial charge in [-0.25, -0.2) is 9.18 Å². The molecule has 3 amide bonds. The van der Waals surface area contributed by atoms with Crippen molar-refractivity contribution >= 4 is 29.0 Å². The highest BCUT2D eigenvalue weighted by Crippen LogP contribution is 2.28. The molecule has 1 aliphatic rings. The molecule has 4 rings (SSSR count). The van der Waals surface area contributed by atoms with Crippen LogP contribution in [0.4, 0.5) is 14.9 Å². The van der Waals surface area contributed by atoms with E-state index >= 15 is 0 Å². The topological polar surface area (TPSA) is 52.7 Å². The number of rotatable bonds is 9.